The molecule has 0 radical (unpaired) electrons. The lowest BCUT2D eigenvalue weighted by atomic mass is 9.88. The molecule has 0 aliphatic carbocycles. The second kappa shape index (κ2) is 5.65. The Balaban J connectivity index is 1.67. The Labute approximate surface area is 134 Å². The summed E-state index contributed by atoms with van der Waals surface area (Å²) in [6, 6.07) is 0. The summed E-state index contributed by atoms with van der Waals surface area (Å²) in [5.74, 6) is 0.267. The number of guanidine groups is 1. The van der Waals surface area contributed by atoms with E-state index in [1.165, 1.54) is 0 Å². The van der Waals surface area contributed by atoms with E-state index in [1.807, 2.05) is 0 Å². The summed E-state index contributed by atoms with van der Waals surface area (Å²) in [7, 11) is 2.11. The van der Waals surface area contributed by atoms with Gasteiger partial charge in [0.1, 0.15) is 5.82 Å². The van der Waals surface area contributed by atoms with Crippen molar-refractivity contribution in [3.05, 3.63) is 11.4 Å². The summed E-state index contributed by atoms with van der Waals surface area (Å²) >= 11 is 0. The highest BCUT2D eigenvalue weighted by Gasteiger charge is 2.38. The van der Waals surface area contributed by atoms with Crippen molar-refractivity contribution in [1.29, 1.82) is 0 Å². The second-order valence-corrected chi connectivity index (χ2v) is 6.26. The van der Waals surface area contributed by atoms with Crippen LogP contribution in [-0.4, -0.2) is 59.0 Å². The van der Waals surface area contributed by atoms with E-state index >= 15 is 0 Å². The van der Waals surface area contributed by atoms with Crippen LogP contribution >= 0.6 is 0 Å². The maximum Gasteiger partial charge on any atom is 0.280 e. The topological polar surface area (TPSA) is 135 Å². The number of rotatable bonds is 1. The molecule has 6 N–H and O–H groups in total. The first-order valence-electron chi connectivity index (χ1n) is 7.61. The fourth-order valence-corrected chi connectivity index (χ4v) is 2.84. The van der Waals surface area contributed by atoms with E-state index in [1.54, 1.807) is 6.92 Å². The maximum atomic E-state index is 12.3. The van der Waals surface area contributed by atoms with E-state index in [9.17, 15) is 4.79 Å². The summed E-state index contributed by atoms with van der Waals surface area (Å²) < 4.78 is 0. The molecule has 1 aromatic rings. The van der Waals surface area contributed by atoms with Crippen molar-refractivity contribution in [1.82, 2.24) is 25.5 Å². The van der Waals surface area contributed by atoms with E-state index in [0.29, 0.717) is 18.2 Å². The summed E-state index contributed by atoms with van der Waals surface area (Å²) in [4.78, 5) is 27.1. The van der Waals surface area contributed by atoms with Gasteiger partial charge in [0.2, 0.25) is 0 Å². The van der Waals surface area contributed by atoms with Gasteiger partial charge in [-0.25, -0.2) is 9.97 Å². The molecule has 2 aliphatic rings. The Hall–Kier alpha value is -2.42. The Morgan fingerprint density at radius 2 is 1.96 bits per heavy atom. The van der Waals surface area contributed by atoms with Gasteiger partial charge in [0, 0.05) is 13.1 Å². The summed E-state index contributed by atoms with van der Waals surface area (Å²) in [5, 5.41) is 6.08. The molecule has 3 heterocycles. The summed E-state index contributed by atoms with van der Waals surface area (Å²) in [5.41, 5.74) is 11.8. The lowest BCUT2D eigenvalue weighted by Gasteiger charge is -2.37. The predicted octanol–water partition coefficient (Wildman–Crippen LogP) is -0.897. The smallest absolute Gasteiger partial charge is 0.280 e. The molecule has 124 valence electrons. The quantitative estimate of drug-likeness (QED) is 0.527. The van der Waals surface area contributed by atoms with Crippen LogP contribution in [0.1, 0.15) is 29.0 Å². The first-order valence-corrected chi connectivity index (χ1v) is 7.61. The number of amides is 1. The van der Waals surface area contributed by atoms with Crippen LogP contribution in [0.15, 0.2) is 4.99 Å². The third kappa shape index (κ3) is 3.04. The average molecular weight is 318 g/mol. The van der Waals surface area contributed by atoms with Gasteiger partial charge in [-0.3, -0.25) is 15.1 Å². The van der Waals surface area contributed by atoms with Gasteiger partial charge < -0.3 is 21.7 Å². The molecule has 0 saturated carbocycles. The molecule has 3 rings (SSSR count). The predicted molar refractivity (Wildman–Crippen MR) is 88.0 cm³/mol. The number of nitrogens with two attached hydrogens (primary N) is 2. The van der Waals surface area contributed by atoms with Crippen LogP contribution in [0.2, 0.25) is 0 Å². The molecule has 2 aliphatic heterocycles. The maximum absolute atomic E-state index is 12.3. The van der Waals surface area contributed by atoms with Crippen molar-refractivity contribution >= 4 is 23.5 Å². The van der Waals surface area contributed by atoms with Crippen LogP contribution in [0.5, 0.6) is 0 Å². The molecule has 0 aromatic carbocycles. The first kappa shape index (κ1) is 15.5. The Morgan fingerprint density at radius 1 is 1.26 bits per heavy atom. The number of aliphatic imine (C=N–C) groups is 1. The monoisotopic (exact) mass is 318 g/mol. The standard InChI is InChI=1S/C14H22N8O/c1-8-10(15)19-11(16)9(18-8)12(23)20-13-17-7-14(21-13)3-5-22(2)6-4-14/h3-7H2,1-2H3,(H4,15,16,19)(H2,17,20,21,23). The van der Waals surface area contributed by atoms with Gasteiger partial charge in [-0.1, -0.05) is 0 Å². The Bertz CT molecular complexity index is 663. The molecule has 9 heteroatoms. The van der Waals surface area contributed by atoms with Crippen LogP contribution in [0.3, 0.4) is 0 Å². The number of nitrogens with one attached hydrogen (secondary N) is 2. The fourth-order valence-electron chi connectivity index (χ4n) is 2.84. The van der Waals surface area contributed by atoms with Gasteiger partial charge >= 0.3 is 0 Å². The normalized spacial score (nSPS) is 20.2. The van der Waals surface area contributed by atoms with Crippen molar-refractivity contribution < 1.29 is 4.79 Å². The minimum Gasteiger partial charge on any atom is -0.382 e. The molecule has 0 unspecified atom stereocenters. The number of nitrogen functional groups attached to an aromatic ring is 2. The number of aromatic nitrogens is 2. The fraction of sp³-hybridized carbons (Fsp3) is 0.571. The molecule has 23 heavy (non-hydrogen) atoms. The number of aryl methyl sites for hydroxylation is 1. The van der Waals surface area contributed by atoms with E-state index in [2.05, 4.69) is 37.5 Å². The molecule has 1 saturated heterocycles. The van der Waals surface area contributed by atoms with Gasteiger partial charge in [0.15, 0.2) is 17.5 Å². The van der Waals surface area contributed by atoms with Crippen LogP contribution in [0.4, 0.5) is 11.6 Å². The van der Waals surface area contributed by atoms with Crippen molar-refractivity contribution in [2.45, 2.75) is 25.3 Å². The molecule has 1 aromatic heterocycles. The Morgan fingerprint density at radius 3 is 2.65 bits per heavy atom. The molecule has 0 atom stereocenters. The average Bonchev–Trinajstić information content (AvgIpc) is 2.89. The molecule has 0 bridgehead atoms. The molecule has 1 fully saturated rings. The zero-order chi connectivity index (χ0) is 16.6. The third-order valence-corrected chi connectivity index (χ3v) is 4.45. The van der Waals surface area contributed by atoms with Crippen LogP contribution < -0.4 is 22.1 Å². The molecule has 9 nitrogen and oxygen atoms in total. The summed E-state index contributed by atoms with van der Waals surface area (Å²) in [6.07, 6.45) is 1.99. The van der Waals surface area contributed by atoms with Crippen molar-refractivity contribution in [2.75, 3.05) is 38.1 Å². The van der Waals surface area contributed by atoms with Crippen LogP contribution in [0, 0.1) is 6.92 Å². The Kier molecular flexibility index (Phi) is 3.80. The van der Waals surface area contributed by atoms with E-state index in [-0.39, 0.29) is 22.9 Å². The van der Waals surface area contributed by atoms with E-state index in [4.69, 9.17) is 11.5 Å². The zero-order valence-electron chi connectivity index (χ0n) is 13.4. The lowest BCUT2D eigenvalue weighted by Crippen LogP contribution is -2.55. The highest BCUT2D eigenvalue weighted by Crippen LogP contribution is 2.25. The van der Waals surface area contributed by atoms with E-state index < -0.39 is 5.91 Å². The van der Waals surface area contributed by atoms with Gasteiger partial charge in [-0.2, -0.15) is 0 Å². The van der Waals surface area contributed by atoms with Crippen molar-refractivity contribution in [2.24, 2.45) is 4.99 Å². The SMILES string of the molecule is Cc1nc(C(=O)NC2=NCC3(CCN(C)CC3)N2)c(N)nc1N. The second-order valence-electron chi connectivity index (χ2n) is 6.26. The van der Waals surface area contributed by atoms with Crippen LogP contribution in [-0.2, 0) is 0 Å². The van der Waals surface area contributed by atoms with Gasteiger partial charge in [0.25, 0.3) is 5.91 Å². The van der Waals surface area contributed by atoms with Gasteiger partial charge in [-0.05, 0) is 26.8 Å². The van der Waals surface area contributed by atoms with Gasteiger partial charge in [-0.15, -0.1) is 0 Å². The number of nitrogens with zero attached hydrogens (tertiary/aromatic N) is 4. The highest BCUT2D eigenvalue weighted by atomic mass is 16.2. The molecule has 1 spiro atoms. The lowest BCUT2D eigenvalue weighted by molar-refractivity contribution is 0.0971. The summed E-state index contributed by atoms with van der Waals surface area (Å²) in [6.45, 7) is 4.37. The van der Waals surface area contributed by atoms with Crippen molar-refractivity contribution in [3.63, 3.8) is 0 Å². The molecule has 1 amide bonds. The van der Waals surface area contributed by atoms with Gasteiger partial charge in [0.05, 0.1) is 17.8 Å². The number of carbonyl (C=O) groups is 1. The number of likely N-dealkylation sites (tertiary alicyclic amines) is 1. The zero-order valence-corrected chi connectivity index (χ0v) is 13.4. The molecular formula is C14H22N8O. The molecular weight excluding hydrogens is 296 g/mol. The van der Waals surface area contributed by atoms with Crippen molar-refractivity contribution in [3.8, 4) is 0 Å². The number of carbonyl (C=O) groups excluding carboxylic acids is 1. The number of hydrogen-bond donors (Lipinski definition) is 4. The minimum absolute atomic E-state index is 0.0122. The first-order chi connectivity index (χ1) is 10.9. The number of anilines is 2. The van der Waals surface area contributed by atoms with E-state index in [0.717, 1.165) is 25.9 Å². The number of hydrogen-bond acceptors (Lipinski definition) is 8. The highest BCUT2D eigenvalue weighted by molar-refractivity contribution is 6.07. The largest absolute Gasteiger partial charge is 0.382 e. The third-order valence-electron chi connectivity index (χ3n) is 4.45. The number of piperidine rings is 1. The van der Waals surface area contributed by atoms with Crippen LogP contribution in [0.25, 0.3) is 0 Å². The minimum atomic E-state index is -0.436.